The molecule has 1 aliphatic heterocycles. The van der Waals surface area contributed by atoms with E-state index in [0.29, 0.717) is 6.04 Å². The van der Waals surface area contributed by atoms with Crippen LogP contribution in [0.2, 0.25) is 0 Å². The average Bonchev–Trinajstić information content (AvgIpc) is 3.07. The Hall–Kier alpha value is -0.160. The smallest absolute Gasteiger partial charge is 0.0623 e. The van der Waals surface area contributed by atoms with E-state index in [0.717, 1.165) is 26.2 Å². The van der Waals surface area contributed by atoms with Crippen LogP contribution in [0.3, 0.4) is 0 Å². The van der Waals surface area contributed by atoms with Gasteiger partial charge in [-0.1, -0.05) is 0 Å². The second-order valence-electron chi connectivity index (χ2n) is 7.08. The summed E-state index contributed by atoms with van der Waals surface area (Å²) in [7, 11) is 2.20. The van der Waals surface area contributed by atoms with Crippen molar-refractivity contribution in [3.8, 4) is 0 Å². The van der Waals surface area contributed by atoms with Crippen molar-refractivity contribution in [2.24, 2.45) is 0 Å². The number of aliphatic hydroxyl groups is 1. The van der Waals surface area contributed by atoms with Gasteiger partial charge in [0, 0.05) is 37.8 Å². The van der Waals surface area contributed by atoms with E-state index in [1.807, 2.05) is 0 Å². The third kappa shape index (κ3) is 3.44. The van der Waals surface area contributed by atoms with Gasteiger partial charge in [0.05, 0.1) is 12.1 Å². The molecule has 1 atom stereocenters. The van der Waals surface area contributed by atoms with Crippen LogP contribution in [-0.2, 0) is 0 Å². The summed E-state index contributed by atoms with van der Waals surface area (Å²) in [5, 5.41) is 13.3. The highest BCUT2D eigenvalue weighted by atomic mass is 16.3. The van der Waals surface area contributed by atoms with Crippen LogP contribution in [0.4, 0.5) is 0 Å². The summed E-state index contributed by atoms with van der Waals surface area (Å²) < 4.78 is 0. The summed E-state index contributed by atoms with van der Waals surface area (Å²) in [6.07, 6.45) is 2.54. The van der Waals surface area contributed by atoms with Crippen molar-refractivity contribution in [1.29, 1.82) is 0 Å². The highest BCUT2D eigenvalue weighted by molar-refractivity contribution is 4.97. The van der Waals surface area contributed by atoms with Gasteiger partial charge in [-0.3, -0.25) is 9.80 Å². The molecule has 0 aromatic rings. The molecule has 0 amide bonds. The number of hydrogen-bond acceptors (Lipinski definition) is 4. The molecule has 1 saturated heterocycles. The minimum Gasteiger partial charge on any atom is -0.394 e. The fraction of sp³-hybridized carbons (Fsp3) is 1.00. The zero-order chi connectivity index (χ0) is 13.4. The molecule has 106 valence electrons. The molecular weight excluding hydrogens is 226 g/mol. The van der Waals surface area contributed by atoms with Gasteiger partial charge in [0.2, 0.25) is 0 Å². The van der Waals surface area contributed by atoms with E-state index in [2.05, 4.69) is 42.9 Å². The Labute approximate surface area is 111 Å². The Bertz CT molecular complexity index is 291. The van der Waals surface area contributed by atoms with Gasteiger partial charge < -0.3 is 10.4 Å². The maximum atomic E-state index is 9.68. The number of nitrogens with zero attached hydrogens (tertiary/aromatic N) is 2. The lowest BCUT2D eigenvalue weighted by atomic mass is 9.96. The molecule has 4 heteroatoms. The van der Waals surface area contributed by atoms with Gasteiger partial charge in [0.15, 0.2) is 0 Å². The standard InChI is InChI=1S/C14H29N3O/c1-13(2)9-17(8-7-16(13)4)10-14(3,11-18)15-12-5-6-12/h12,15,18H,5-11H2,1-4H3. The average molecular weight is 255 g/mol. The Morgan fingerprint density at radius 2 is 2.00 bits per heavy atom. The summed E-state index contributed by atoms with van der Waals surface area (Å²) >= 11 is 0. The van der Waals surface area contributed by atoms with E-state index < -0.39 is 0 Å². The van der Waals surface area contributed by atoms with Crippen molar-refractivity contribution in [3.63, 3.8) is 0 Å². The second-order valence-corrected chi connectivity index (χ2v) is 7.08. The quantitative estimate of drug-likeness (QED) is 0.751. The molecule has 2 aliphatic rings. The molecule has 2 N–H and O–H groups in total. The van der Waals surface area contributed by atoms with Crippen molar-refractivity contribution in [3.05, 3.63) is 0 Å². The lowest BCUT2D eigenvalue weighted by Gasteiger charge is -2.47. The van der Waals surface area contributed by atoms with Gasteiger partial charge in [0.25, 0.3) is 0 Å². The molecule has 1 unspecified atom stereocenters. The third-order valence-electron chi connectivity index (χ3n) is 4.45. The SMILES string of the molecule is CN1CCN(CC(C)(CO)NC2CC2)CC1(C)C. The van der Waals surface area contributed by atoms with Crippen LogP contribution in [-0.4, -0.2) is 71.9 Å². The normalized spacial score (nSPS) is 29.2. The van der Waals surface area contributed by atoms with Crippen LogP contribution in [0, 0.1) is 0 Å². The van der Waals surface area contributed by atoms with E-state index in [4.69, 9.17) is 0 Å². The molecule has 1 saturated carbocycles. The Morgan fingerprint density at radius 1 is 1.33 bits per heavy atom. The number of piperazine rings is 1. The van der Waals surface area contributed by atoms with Crippen LogP contribution >= 0.6 is 0 Å². The van der Waals surface area contributed by atoms with Gasteiger partial charge in [-0.05, 0) is 40.7 Å². The summed E-state index contributed by atoms with van der Waals surface area (Å²) in [6.45, 7) is 11.2. The van der Waals surface area contributed by atoms with Crippen LogP contribution in [0.25, 0.3) is 0 Å². The maximum absolute atomic E-state index is 9.68. The number of hydrogen-bond donors (Lipinski definition) is 2. The molecule has 0 radical (unpaired) electrons. The molecule has 0 aromatic heterocycles. The topological polar surface area (TPSA) is 38.7 Å². The van der Waals surface area contributed by atoms with Crippen molar-refractivity contribution in [2.45, 2.75) is 50.7 Å². The maximum Gasteiger partial charge on any atom is 0.0623 e. The third-order valence-corrected chi connectivity index (χ3v) is 4.45. The zero-order valence-electron chi connectivity index (χ0n) is 12.4. The summed E-state index contributed by atoms with van der Waals surface area (Å²) in [5.41, 5.74) is 0.0847. The van der Waals surface area contributed by atoms with E-state index >= 15 is 0 Å². The fourth-order valence-corrected chi connectivity index (χ4v) is 2.83. The lowest BCUT2D eigenvalue weighted by molar-refractivity contribution is 0.0171. The molecule has 1 heterocycles. The zero-order valence-corrected chi connectivity index (χ0v) is 12.4. The Balaban J connectivity index is 1.91. The van der Waals surface area contributed by atoms with E-state index in [-0.39, 0.29) is 17.7 Å². The van der Waals surface area contributed by atoms with Gasteiger partial charge in [-0.2, -0.15) is 0 Å². The van der Waals surface area contributed by atoms with Gasteiger partial charge in [-0.25, -0.2) is 0 Å². The minimum atomic E-state index is -0.146. The van der Waals surface area contributed by atoms with Crippen LogP contribution in [0.1, 0.15) is 33.6 Å². The number of nitrogens with one attached hydrogen (secondary N) is 1. The first kappa shape index (κ1) is 14.3. The molecule has 0 bridgehead atoms. The highest BCUT2D eigenvalue weighted by Crippen LogP contribution is 2.24. The summed E-state index contributed by atoms with van der Waals surface area (Å²) in [5.74, 6) is 0. The predicted octanol–water partition coefficient (Wildman–Crippen LogP) is 0.515. The van der Waals surface area contributed by atoms with Crippen LogP contribution < -0.4 is 5.32 Å². The Morgan fingerprint density at radius 3 is 2.50 bits per heavy atom. The molecule has 2 fully saturated rings. The largest absolute Gasteiger partial charge is 0.394 e. The predicted molar refractivity (Wildman–Crippen MR) is 74.8 cm³/mol. The number of rotatable bonds is 5. The monoisotopic (exact) mass is 255 g/mol. The van der Waals surface area contributed by atoms with Crippen molar-refractivity contribution in [1.82, 2.24) is 15.1 Å². The minimum absolute atomic E-state index is 0.146. The molecular formula is C14H29N3O. The molecule has 2 rings (SSSR count). The summed E-state index contributed by atoms with van der Waals surface area (Å²) in [4.78, 5) is 4.92. The van der Waals surface area contributed by atoms with Crippen molar-refractivity contribution < 1.29 is 5.11 Å². The first-order valence-corrected chi connectivity index (χ1v) is 7.17. The molecule has 1 aliphatic carbocycles. The van der Waals surface area contributed by atoms with Crippen LogP contribution in [0.15, 0.2) is 0 Å². The van der Waals surface area contributed by atoms with Gasteiger partial charge >= 0.3 is 0 Å². The van der Waals surface area contributed by atoms with E-state index in [1.54, 1.807) is 0 Å². The first-order valence-electron chi connectivity index (χ1n) is 7.17. The van der Waals surface area contributed by atoms with E-state index in [1.165, 1.54) is 12.8 Å². The second kappa shape index (κ2) is 5.08. The Kier molecular flexibility index (Phi) is 4.02. The fourth-order valence-electron chi connectivity index (χ4n) is 2.83. The lowest BCUT2D eigenvalue weighted by Crippen LogP contribution is -2.62. The van der Waals surface area contributed by atoms with Gasteiger partial charge in [-0.15, -0.1) is 0 Å². The highest BCUT2D eigenvalue weighted by Gasteiger charge is 2.37. The molecule has 0 spiro atoms. The van der Waals surface area contributed by atoms with Crippen molar-refractivity contribution in [2.75, 3.05) is 39.8 Å². The molecule has 18 heavy (non-hydrogen) atoms. The molecule has 0 aromatic carbocycles. The summed E-state index contributed by atoms with van der Waals surface area (Å²) in [6, 6.07) is 0.641. The van der Waals surface area contributed by atoms with Gasteiger partial charge in [0.1, 0.15) is 0 Å². The van der Waals surface area contributed by atoms with Crippen molar-refractivity contribution >= 4 is 0 Å². The van der Waals surface area contributed by atoms with Crippen LogP contribution in [0.5, 0.6) is 0 Å². The first-order chi connectivity index (χ1) is 8.35. The molecule has 4 nitrogen and oxygen atoms in total. The number of aliphatic hydroxyl groups excluding tert-OH is 1. The van der Waals surface area contributed by atoms with E-state index in [9.17, 15) is 5.11 Å². The number of likely N-dealkylation sites (N-methyl/N-ethyl adjacent to an activating group) is 1.